The summed E-state index contributed by atoms with van der Waals surface area (Å²) in [5.41, 5.74) is -0.220. The Kier molecular flexibility index (Phi) is 3.13. The van der Waals surface area contributed by atoms with Crippen LogP contribution in [0.4, 0.5) is 0 Å². The zero-order chi connectivity index (χ0) is 11.4. The van der Waals surface area contributed by atoms with E-state index in [-0.39, 0.29) is 23.5 Å². The fraction of sp³-hybridized carbons (Fsp3) is 0.200. The maximum absolute atomic E-state index is 11.3. The standard InChI is InChI=1S/C10H9NO4/c1-2-15-10(14)7-3-6(5-11)8(12)4-9(7)13/h3-4,12-13H,2H2,1H3. The second kappa shape index (κ2) is 4.33. The summed E-state index contributed by atoms with van der Waals surface area (Å²) >= 11 is 0. The molecule has 0 heterocycles. The van der Waals surface area contributed by atoms with Crippen molar-refractivity contribution in [3.63, 3.8) is 0 Å². The number of benzene rings is 1. The number of carbonyl (C=O) groups is 1. The number of rotatable bonds is 2. The topological polar surface area (TPSA) is 90.6 Å². The van der Waals surface area contributed by atoms with Crippen molar-refractivity contribution in [1.82, 2.24) is 0 Å². The van der Waals surface area contributed by atoms with Gasteiger partial charge in [-0.1, -0.05) is 0 Å². The lowest BCUT2D eigenvalue weighted by atomic mass is 10.1. The maximum atomic E-state index is 11.3. The van der Waals surface area contributed by atoms with E-state index >= 15 is 0 Å². The number of esters is 1. The molecule has 0 aliphatic rings. The van der Waals surface area contributed by atoms with Gasteiger partial charge >= 0.3 is 5.97 Å². The van der Waals surface area contributed by atoms with Gasteiger partial charge in [0, 0.05) is 6.07 Å². The molecule has 0 aliphatic carbocycles. The highest BCUT2D eigenvalue weighted by Gasteiger charge is 2.15. The van der Waals surface area contributed by atoms with Crippen molar-refractivity contribution in [2.45, 2.75) is 6.92 Å². The van der Waals surface area contributed by atoms with E-state index in [0.29, 0.717) is 0 Å². The van der Waals surface area contributed by atoms with Gasteiger partial charge in [0.2, 0.25) is 0 Å². The van der Waals surface area contributed by atoms with Crippen LogP contribution in [0.25, 0.3) is 0 Å². The fourth-order valence-corrected chi connectivity index (χ4v) is 1.04. The summed E-state index contributed by atoms with van der Waals surface area (Å²) in [7, 11) is 0. The molecule has 1 aromatic rings. The average molecular weight is 207 g/mol. The van der Waals surface area contributed by atoms with Crippen LogP contribution in [-0.2, 0) is 4.74 Å². The monoisotopic (exact) mass is 207 g/mol. The van der Waals surface area contributed by atoms with Gasteiger partial charge in [-0.2, -0.15) is 5.26 Å². The number of hydrogen-bond acceptors (Lipinski definition) is 5. The quantitative estimate of drug-likeness (QED) is 0.710. The van der Waals surface area contributed by atoms with Gasteiger partial charge in [-0.05, 0) is 13.0 Å². The molecule has 0 amide bonds. The molecule has 1 aromatic carbocycles. The van der Waals surface area contributed by atoms with E-state index in [9.17, 15) is 15.0 Å². The molecule has 0 aromatic heterocycles. The van der Waals surface area contributed by atoms with Crippen LogP contribution in [0, 0.1) is 11.3 Å². The Balaban J connectivity index is 3.20. The molecule has 0 spiro atoms. The summed E-state index contributed by atoms with van der Waals surface area (Å²) in [6.45, 7) is 1.79. The summed E-state index contributed by atoms with van der Waals surface area (Å²) in [5.74, 6) is -1.51. The molecule has 0 saturated heterocycles. The van der Waals surface area contributed by atoms with Crippen LogP contribution < -0.4 is 0 Å². The predicted molar refractivity (Wildman–Crippen MR) is 50.4 cm³/mol. The molecule has 0 saturated carbocycles. The zero-order valence-corrected chi connectivity index (χ0v) is 8.02. The Morgan fingerprint density at radius 3 is 2.67 bits per heavy atom. The number of aromatic hydroxyl groups is 2. The van der Waals surface area contributed by atoms with Crippen LogP contribution in [0.15, 0.2) is 12.1 Å². The second-order valence-corrected chi connectivity index (χ2v) is 2.72. The number of hydrogen-bond donors (Lipinski definition) is 2. The van der Waals surface area contributed by atoms with E-state index in [2.05, 4.69) is 4.74 Å². The van der Waals surface area contributed by atoms with Crippen molar-refractivity contribution in [2.75, 3.05) is 6.61 Å². The minimum absolute atomic E-state index is 0.0872. The number of phenolic OH excluding ortho intramolecular Hbond substituents is 2. The molecule has 2 N–H and O–H groups in total. The van der Waals surface area contributed by atoms with E-state index < -0.39 is 11.7 Å². The first-order valence-corrected chi connectivity index (χ1v) is 4.23. The van der Waals surface area contributed by atoms with Crippen LogP contribution in [0.5, 0.6) is 11.5 Å². The summed E-state index contributed by atoms with van der Waals surface area (Å²) in [6.07, 6.45) is 0. The second-order valence-electron chi connectivity index (χ2n) is 2.72. The van der Waals surface area contributed by atoms with E-state index in [1.807, 2.05) is 0 Å². The van der Waals surface area contributed by atoms with Crippen LogP contribution in [-0.4, -0.2) is 22.8 Å². The van der Waals surface area contributed by atoms with Crippen molar-refractivity contribution < 1.29 is 19.7 Å². The molecule has 5 nitrogen and oxygen atoms in total. The molecular weight excluding hydrogens is 198 g/mol. The molecule has 78 valence electrons. The third-order valence-electron chi connectivity index (χ3n) is 1.73. The van der Waals surface area contributed by atoms with Crippen LogP contribution in [0.2, 0.25) is 0 Å². The largest absolute Gasteiger partial charge is 0.507 e. The number of phenols is 2. The van der Waals surface area contributed by atoms with Crippen molar-refractivity contribution in [2.24, 2.45) is 0 Å². The lowest BCUT2D eigenvalue weighted by Gasteiger charge is -2.05. The van der Waals surface area contributed by atoms with E-state index in [1.54, 1.807) is 13.0 Å². The molecule has 0 aliphatic heterocycles. The lowest BCUT2D eigenvalue weighted by molar-refractivity contribution is 0.0523. The zero-order valence-electron chi connectivity index (χ0n) is 8.02. The average Bonchev–Trinajstić information content (AvgIpc) is 2.18. The number of carbonyl (C=O) groups excluding carboxylic acids is 1. The summed E-state index contributed by atoms with van der Waals surface area (Å²) < 4.78 is 4.66. The molecule has 0 atom stereocenters. The lowest BCUT2D eigenvalue weighted by Crippen LogP contribution is -2.05. The summed E-state index contributed by atoms with van der Waals surface area (Å²) in [6, 6.07) is 3.71. The maximum Gasteiger partial charge on any atom is 0.341 e. The number of ether oxygens (including phenoxy) is 1. The molecule has 15 heavy (non-hydrogen) atoms. The Bertz CT molecular complexity index is 434. The first kappa shape index (κ1) is 10.9. The van der Waals surface area contributed by atoms with Gasteiger partial charge < -0.3 is 14.9 Å². The van der Waals surface area contributed by atoms with Crippen molar-refractivity contribution in [3.05, 3.63) is 23.3 Å². The predicted octanol–water partition coefficient (Wildman–Crippen LogP) is 1.15. The minimum atomic E-state index is -0.730. The number of nitrogens with zero attached hydrogens (tertiary/aromatic N) is 1. The van der Waals surface area contributed by atoms with Crippen molar-refractivity contribution in [3.8, 4) is 17.6 Å². The Morgan fingerprint density at radius 1 is 1.47 bits per heavy atom. The third-order valence-corrected chi connectivity index (χ3v) is 1.73. The smallest absolute Gasteiger partial charge is 0.341 e. The fourth-order valence-electron chi connectivity index (χ4n) is 1.04. The molecular formula is C10H9NO4. The molecule has 1 rings (SSSR count). The van der Waals surface area contributed by atoms with Gasteiger partial charge in [0.25, 0.3) is 0 Å². The summed E-state index contributed by atoms with van der Waals surface area (Å²) in [4.78, 5) is 11.3. The van der Waals surface area contributed by atoms with Gasteiger partial charge in [-0.15, -0.1) is 0 Å². The van der Waals surface area contributed by atoms with Gasteiger partial charge in [0.15, 0.2) is 0 Å². The Morgan fingerprint density at radius 2 is 2.13 bits per heavy atom. The van der Waals surface area contributed by atoms with Crippen molar-refractivity contribution in [1.29, 1.82) is 5.26 Å². The molecule has 0 radical (unpaired) electrons. The van der Waals surface area contributed by atoms with Crippen LogP contribution in [0.1, 0.15) is 22.8 Å². The molecule has 0 fully saturated rings. The van der Waals surface area contributed by atoms with E-state index in [1.165, 1.54) is 0 Å². The van der Waals surface area contributed by atoms with E-state index in [0.717, 1.165) is 12.1 Å². The Hall–Kier alpha value is -2.22. The van der Waals surface area contributed by atoms with E-state index in [4.69, 9.17) is 5.26 Å². The number of nitriles is 1. The van der Waals surface area contributed by atoms with Crippen LogP contribution >= 0.6 is 0 Å². The highest BCUT2D eigenvalue weighted by atomic mass is 16.5. The summed E-state index contributed by atoms with van der Waals surface area (Å²) in [5, 5.41) is 27.1. The molecule has 0 unspecified atom stereocenters. The first-order chi connectivity index (χ1) is 7.10. The molecule has 0 bridgehead atoms. The van der Waals surface area contributed by atoms with Gasteiger partial charge in [0.05, 0.1) is 12.2 Å². The van der Waals surface area contributed by atoms with Crippen molar-refractivity contribution >= 4 is 5.97 Å². The van der Waals surface area contributed by atoms with Gasteiger partial charge in [-0.25, -0.2) is 4.79 Å². The third kappa shape index (κ3) is 2.17. The SMILES string of the molecule is CCOC(=O)c1cc(C#N)c(O)cc1O. The Labute approximate surface area is 86.1 Å². The molecule has 5 heteroatoms. The highest BCUT2D eigenvalue weighted by Crippen LogP contribution is 2.27. The van der Waals surface area contributed by atoms with Crippen LogP contribution in [0.3, 0.4) is 0 Å². The normalized spacial score (nSPS) is 9.33. The minimum Gasteiger partial charge on any atom is -0.507 e. The highest BCUT2D eigenvalue weighted by molar-refractivity contribution is 5.93. The van der Waals surface area contributed by atoms with Gasteiger partial charge in [0.1, 0.15) is 23.1 Å². The first-order valence-electron chi connectivity index (χ1n) is 4.23. The van der Waals surface area contributed by atoms with Gasteiger partial charge in [-0.3, -0.25) is 0 Å².